The summed E-state index contributed by atoms with van der Waals surface area (Å²) in [5.74, 6) is 2.06. The van der Waals surface area contributed by atoms with Crippen molar-refractivity contribution in [3.05, 3.63) is 47.1 Å². The molecular formula is C20H26O3. The number of hydrogen-bond acceptors (Lipinski definition) is 3. The third-order valence-electron chi connectivity index (χ3n) is 4.44. The normalized spacial score (nSPS) is 15.1. The van der Waals surface area contributed by atoms with Gasteiger partial charge in [-0.1, -0.05) is 38.6 Å². The van der Waals surface area contributed by atoms with Crippen molar-refractivity contribution in [2.24, 2.45) is 0 Å². The molecule has 0 amide bonds. The molecule has 3 nitrogen and oxygen atoms in total. The minimum Gasteiger partial charge on any atom is -0.493 e. The van der Waals surface area contributed by atoms with Gasteiger partial charge in [-0.05, 0) is 24.3 Å². The lowest BCUT2D eigenvalue weighted by Gasteiger charge is -2.21. The predicted octanol–water partition coefficient (Wildman–Crippen LogP) is 4.61. The summed E-state index contributed by atoms with van der Waals surface area (Å²) in [4.78, 5) is 12.3. The van der Waals surface area contributed by atoms with E-state index >= 15 is 0 Å². The first-order chi connectivity index (χ1) is 11.0. The van der Waals surface area contributed by atoms with Gasteiger partial charge in [0.05, 0.1) is 14.2 Å². The molecule has 23 heavy (non-hydrogen) atoms. The van der Waals surface area contributed by atoms with E-state index in [2.05, 4.69) is 26.5 Å². The van der Waals surface area contributed by atoms with Gasteiger partial charge in [0, 0.05) is 29.5 Å². The zero-order chi connectivity index (χ0) is 17.0. The van der Waals surface area contributed by atoms with Crippen LogP contribution in [0.4, 0.5) is 0 Å². The molecule has 0 aromatic heterocycles. The van der Waals surface area contributed by atoms with Crippen LogP contribution < -0.4 is 9.47 Å². The highest BCUT2D eigenvalue weighted by atomic mass is 16.5. The number of ketones is 1. The fourth-order valence-electron chi connectivity index (χ4n) is 3.19. The molecule has 0 aliphatic heterocycles. The topological polar surface area (TPSA) is 35.5 Å². The summed E-state index contributed by atoms with van der Waals surface area (Å²) in [7, 11) is 3.31. The number of hydrogen-bond donors (Lipinski definition) is 0. The van der Waals surface area contributed by atoms with Crippen molar-refractivity contribution in [1.29, 1.82) is 0 Å². The van der Waals surface area contributed by atoms with Crippen LogP contribution in [0.25, 0.3) is 0 Å². The second-order valence-electron chi connectivity index (χ2n) is 6.20. The van der Waals surface area contributed by atoms with E-state index in [-0.39, 0.29) is 5.78 Å². The summed E-state index contributed by atoms with van der Waals surface area (Å²) >= 11 is 0. The number of ether oxygens (including phenoxy) is 2. The Morgan fingerprint density at radius 2 is 1.87 bits per heavy atom. The summed E-state index contributed by atoms with van der Waals surface area (Å²) in [6.07, 6.45) is 4.84. The lowest BCUT2D eigenvalue weighted by atomic mass is 9.86. The fourth-order valence-corrected chi connectivity index (χ4v) is 3.19. The standard InChI is InChI=1S/C20H26O3/c1-6-14-8-7-9-18(21)17(14)12-15-10-11-16(13(2)3)20(23-5)19(15)22-4/h6,10-11,13H,1,7-9,12H2,2-5H3. The van der Waals surface area contributed by atoms with Crippen molar-refractivity contribution in [1.82, 2.24) is 0 Å². The molecule has 3 heteroatoms. The Labute approximate surface area is 139 Å². The first kappa shape index (κ1) is 17.3. The van der Waals surface area contributed by atoms with Crippen LogP contribution >= 0.6 is 0 Å². The van der Waals surface area contributed by atoms with Crippen molar-refractivity contribution >= 4 is 5.78 Å². The van der Waals surface area contributed by atoms with E-state index in [0.717, 1.165) is 46.6 Å². The molecule has 0 saturated heterocycles. The molecule has 0 bridgehead atoms. The smallest absolute Gasteiger partial charge is 0.164 e. The molecule has 1 aromatic rings. The number of Topliss-reactive ketones (excluding diaryl/α,β-unsaturated/α-hetero) is 1. The van der Waals surface area contributed by atoms with Gasteiger partial charge in [0.15, 0.2) is 17.3 Å². The molecule has 0 saturated carbocycles. The first-order valence-electron chi connectivity index (χ1n) is 8.14. The van der Waals surface area contributed by atoms with Gasteiger partial charge in [-0.3, -0.25) is 4.79 Å². The van der Waals surface area contributed by atoms with E-state index in [1.807, 2.05) is 12.1 Å². The molecule has 0 N–H and O–H groups in total. The highest BCUT2D eigenvalue weighted by Crippen LogP contribution is 2.40. The van der Waals surface area contributed by atoms with Crippen LogP contribution in [0.15, 0.2) is 35.9 Å². The maximum absolute atomic E-state index is 12.3. The number of carbonyl (C=O) groups excluding carboxylic acids is 1. The van der Waals surface area contributed by atoms with Gasteiger partial charge in [0.1, 0.15) is 0 Å². The molecule has 0 heterocycles. The number of allylic oxidation sites excluding steroid dienone is 3. The van der Waals surface area contributed by atoms with Crippen molar-refractivity contribution < 1.29 is 14.3 Å². The number of methoxy groups -OCH3 is 2. The van der Waals surface area contributed by atoms with Crippen molar-refractivity contribution in [3.8, 4) is 11.5 Å². The zero-order valence-corrected chi connectivity index (χ0v) is 14.6. The van der Waals surface area contributed by atoms with Crippen LogP contribution in [0, 0.1) is 0 Å². The van der Waals surface area contributed by atoms with Gasteiger partial charge in [-0.2, -0.15) is 0 Å². The minimum absolute atomic E-state index is 0.222. The molecule has 1 aliphatic carbocycles. The molecule has 0 unspecified atom stereocenters. The van der Waals surface area contributed by atoms with E-state index in [1.165, 1.54) is 0 Å². The SMILES string of the molecule is C=CC1=C(Cc2ccc(C(C)C)c(OC)c2OC)C(=O)CCC1. The van der Waals surface area contributed by atoms with Gasteiger partial charge in [0.2, 0.25) is 0 Å². The summed E-state index contributed by atoms with van der Waals surface area (Å²) in [6, 6.07) is 4.12. The van der Waals surface area contributed by atoms with Crippen LogP contribution in [-0.2, 0) is 11.2 Å². The number of carbonyl (C=O) groups is 1. The van der Waals surface area contributed by atoms with E-state index in [1.54, 1.807) is 14.2 Å². The summed E-state index contributed by atoms with van der Waals surface area (Å²) in [5.41, 5.74) is 4.03. The zero-order valence-electron chi connectivity index (χ0n) is 14.6. The van der Waals surface area contributed by atoms with Crippen LogP contribution in [-0.4, -0.2) is 20.0 Å². The molecule has 0 radical (unpaired) electrons. The molecule has 0 fully saturated rings. The highest BCUT2D eigenvalue weighted by molar-refractivity contribution is 5.98. The van der Waals surface area contributed by atoms with E-state index in [0.29, 0.717) is 18.8 Å². The van der Waals surface area contributed by atoms with Crippen LogP contribution in [0.2, 0.25) is 0 Å². The Bertz CT molecular complexity index is 639. The molecule has 1 aliphatic rings. The van der Waals surface area contributed by atoms with Crippen molar-refractivity contribution in [2.75, 3.05) is 14.2 Å². The van der Waals surface area contributed by atoms with Crippen molar-refractivity contribution in [3.63, 3.8) is 0 Å². The monoisotopic (exact) mass is 314 g/mol. The van der Waals surface area contributed by atoms with Crippen molar-refractivity contribution in [2.45, 2.75) is 45.4 Å². The van der Waals surface area contributed by atoms with Crippen LogP contribution in [0.1, 0.15) is 50.2 Å². The lowest BCUT2D eigenvalue weighted by Crippen LogP contribution is -2.14. The summed E-state index contributed by atoms with van der Waals surface area (Å²) in [5, 5.41) is 0. The average Bonchev–Trinajstić information content (AvgIpc) is 2.55. The second kappa shape index (κ2) is 7.49. The molecule has 0 atom stereocenters. The highest BCUT2D eigenvalue weighted by Gasteiger charge is 2.23. The van der Waals surface area contributed by atoms with Gasteiger partial charge in [-0.15, -0.1) is 0 Å². The predicted molar refractivity (Wildman–Crippen MR) is 93.4 cm³/mol. The molecule has 0 spiro atoms. The number of rotatable bonds is 6. The Balaban J connectivity index is 2.49. The van der Waals surface area contributed by atoms with Gasteiger partial charge < -0.3 is 9.47 Å². The average molecular weight is 314 g/mol. The molecule has 1 aromatic carbocycles. The minimum atomic E-state index is 0.222. The Morgan fingerprint density at radius 3 is 2.43 bits per heavy atom. The second-order valence-corrected chi connectivity index (χ2v) is 6.20. The third-order valence-corrected chi connectivity index (χ3v) is 4.44. The maximum atomic E-state index is 12.3. The quantitative estimate of drug-likeness (QED) is 0.769. The Morgan fingerprint density at radius 1 is 1.17 bits per heavy atom. The van der Waals surface area contributed by atoms with Gasteiger partial charge in [-0.25, -0.2) is 0 Å². The Hall–Kier alpha value is -2.03. The fraction of sp³-hybridized carbons (Fsp3) is 0.450. The van der Waals surface area contributed by atoms with E-state index < -0.39 is 0 Å². The van der Waals surface area contributed by atoms with Crippen LogP contribution in [0.5, 0.6) is 11.5 Å². The van der Waals surface area contributed by atoms with Crippen LogP contribution in [0.3, 0.4) is 0 Å². The largest absolute Gasteiger partial charge is 0.493 e. The van der Waals surface area contributed by atoms with E-state index in [4.69, 9.17) is 9.47 Å². The lowest BCUT2D eigenvalue weighted by molar-refractivity contribution is -0.116. The van der Waals surface area contributed by atoms with E-state index in [9.17, 15) is 4.79 Å². The maximum Gasteiger partial charge on any atom is 0.164 e. The molecule has 124 valence electrons. The molecule has 2 rings (SSSR count). The first-order valence-corrected chi connectivity index (χ1v) is 8.14. The third kappa shape index (κ3) is 3.49. The summed E-state index contributed by atoms with van der Waals surface area (Å²) < 4.78 is 11.2. The Kier molecular flexibility index (Phi) is 5.64. The molecular weight excluding hydrogens is 288 g/mol. The van der Waals surface area contributed by atoms with Gasteiger partial charge in [0.25, 0.3) is 0 Å². The van der Waals surface area contributed by atoms with Gasteiger partial charge >= 0.3 is 0 Å². The summed E-state index contributed by atoms with van der Waals surface area (Å²) in [6.45, 7) is 8.11. The number of benzene rings is 1.